The number of aromatic nitrogens is 2. The molecule has 2 heterocycles. The van der Waals surface area contributed by atoms with Crippen LogP contribution in [0.4, 0.5) is 4.39 Å². The molecule has 0 aliphatic carbocycles. The molecule has 0 bridgehead atoms. The molecule has 0 saturated carbocycles. The van der Waals surface area contributed by atoms with Gasteiger partial charge in [0, 0.05) is 12.5 Å². The Hall–Kier alpha value is -2.35. The van der Waals surface area contributed by atoms with Gasteiger partial charge in [-0.15, -0.1) is 0 Å². The zero-order chi connectivity index (χ0) is 14.8. The van der Waals surface area contributed by atoms with Crippen LogP contribution in [0.25, 0.3) is 11.4 Å². The van der Waals surface area contributed by atoms with Crippen molar-refractivity contribution in [3.05, 3.63) is 17.8 Å². The van der Waals surface area contributed by atoms with Crippen molar-refractivity contribution in [3.8, 4) is 28.6 Å². The SMILES string of the molecule is COc1c(F)cc2c(c1-c1noc(CN)n1)OCCCO2. The molecule has 1 aliphatic heterocycles. The van der Waals surface area contributed by atoms with E-state index in [1.165, 1.54) is 13.2 Å². The van der Waals surface area contributed by atoms with E-state index in [4.69, 9.17) is 24.5 Å². The van der Waals surface area contributed by atoms with Gasteiger partial charge in [0.1, 0.15) is 5.56 Å². The molecule has 112 valence electrons. The Bertz CT molecular complexity index is 659. The summed E-state index contributed by atoms with van der Waals surface area (Å²) >= 11 is 0. The lowest BCUT2D eigenvalue weighted by molar-refractivity contribution is 0.297. The molecule has 3 rings (SSSR count). The highest BCUT2D eigenvalue weighted by Gasteiger charge is 2.27. The largest absolute Gasteiger partial charge is 0.493 e. The number of rotatable bonds is 3. The molecule has 0 saturated heterocycles. The molecule has 0 atom stereocenters. The summed E-state index contributed by atoms with van der Waals surface area (Å²) in [5, 5.41) is 3.80. The number of hydrogen-bond acceptors (Lipinski definition) is 7. The highest BCUT2D eigenvalue weighted by atomic mass is 19.1. The van der Waals surface area contributed by atoms with Crippen molar-refractivity contribution in [1.29, 1.82) is 0 Å². The summed E-state index contributed by atoms with van der Waals surface area (Å²) in [6.07, 6.45) is 0.693. The number of nitrogens with two attached hydrogens (primary N) is 1. The first-order valence-corrected chi connectivity index (χ1v) is 6.43. The first-order valence-electron chi connectivity index (χ1n) is 6.43. The zero-order valence-electron chi connectivity index (χ0n) is 11.4. The van der Waals surface area contributed by atoms with Gasteiger partial charge in [-0.25, -0.2) is 4.39 Å². The van der Waals surface area contributed by atoms with E-state index in [-0.39, 0.29) is 29.6 Å². The number of benzene rings is 1. The molecule has 21 heavy (non-hydrogen) atoms. The van der Waals surface area contributed by atoms with E-state index in [2.05, 4.69) is 10.1 Å². The first-order chi connectivity index (χ1) is 10.2. The Balaban J connectivity index is 2.22. The fraction of sp³-hybridized carbons (Fsp3) is 0.385. The van der Waals surface area contributed by atoms with Crippen LogP contribution < -0.4 is 19.9 Å². The summed E-state index contributed by atoms with van der Waals surface area (Å²) in [6.45, 7) is 0.971. The van der Waals surface area contributed by atoms with Crippen molar-refractivity contribution in [2.24, 2.45) is 5.73 Å². The van der Waals surface area contributed by atoms with Crippen LogP contribution in [-0.4, -0.2) is 30.5 Å². The number of nitrogens with zero attached hydrogens (tertiary/aromatic N) is 2. The lowest BCUT2D eigenvalue weighted by Crippen LogP contribution is -2.01. The molecular formula is C13H14FN3O4. The summed E-state index contributed by atoms with van der Waals surface area (Å²) in [7, 11) is 1.36. The molecule has 0 amide bonds. The van der Waals surface area contributed by atoms with Crippen LogP contribution in [0, 0.1) is 5.82 Å². The molecule has 0 radical (unpaired) electrons. The average molecular weight is 295 g/mol. The molecule has 7 nitrogen and oxygen atoms in total. The fourth-order valence-electron chi connectivity index (χ4n) is 2.10. The second-order valence-electron chi connectivity index (χ2n) is 4.36. The number of fused-ring (bicyclic) bond motifs is 1. The van der Waals surface area contributed by atoms with Crippen molar-refractivity contribution in [2.45, 2.75) is 13.0 Å². The van der Waals surface area contributed by atoms with Crippen LogP contribution in [0.1, 0.15) is 12.3 Å². The van der Waals surface area contributed by atoms with Crippen LogP contribution >= 0.6 is 0 Å². The van der Waals surface area contributed by atoms with Crippen LogP contribution in [0.5, 0.6) is 17.2 Å². The third kappa shape index (κ3) is 2.38. The van der Waals surface area contributed by atoms with Gasteiger partial charge in [0.05, 0.1) is 26.9 Å². The summed E-state index contributed by atoms with van der Waals surface area (Å²) in [5.41, 5.74) is 5.71. The van der Waals surface area contributed by atoms with Crippen molar-refractivity contribution in [3.63, 3.8) is 0 Å². The molecule has 0 unspecified atom stereocenters. The lowest BCUT2D eigenvalue weighted by Gasteiger charge is -2.14. The molecule has 0 fully saturated rings. The van der Waals surface area contributed by atoms with Gasteiger partial charge >= 0.3 is 0 Å². The third-order valence-electron chi connectivity index (χ3n) is 3.02. The number of halogens is 1. The van der Waals surface area contributed by atoms with Gasteiger partial charge in [0.15, 0.2) is 23.1 Å². The van der Waals surface area contributed by atoms with E-state index in [0.29, 0.717) is 31.1 Å². The average Bonchev–Trinajstić information content (AvgIpc) is 2.84. The highest BCUT2D eigenvalue weighted by Crippen LogP contribution is 2.46. The van der Waals surface area contributed by atoms with E-state index < -0.39 is 5.82 Å². The summed E-state index contributed by atoms with van der Waals surface area (Å²) in [5.74, 6) is 0.405. The summed E-state index contributed by atoms with van der Waals surface area (Å²) in [6, 6.07) is 1.23. The molecule has 2 aromatic rings. The second-order valence-corrected chi connectivity index (χ2v) is 4.36. The van der Waals surface area contributed by atoms with E-state index >= 15 is 0 Å². The maximum atomic E-state index is 14.2. The quantitative estimate of drug-likeness (QED) is 0.917. The predicted octanol–water partition coefficient (Wildman–Crippen LogP) is 1.50. The van der Waals surface area contributed by atoms with E-state index in [1.807, 2.05) is 0 Å². The minimum Gasteiger partial charge on any atom is -0.493 e. The molecular weight excluding hydrogens is 281 g/mol. The van der Waals surface area contributed by atoms with Gasteiger partial charge in [0.2, 0.25) is 11.7 Å². The highest BCUT2D eigenvalue weighted by molar-refractivity contribution is 5.76. The monoisotopic (exact) mass is 295 g/mol. The molecule has 8 heteroatoms. The maximum Gasteiger partial charge on any atom is 0.240 e. The molecule has 1 aromatic carbocycles. The normalized spacial score (nSPS) is 13.9. The second kappa shape index (κ2) is 5.57. The Kier molecular flexibility index (Phi) is 3.61. The number of ether oxygens (including phenoxy) is 3. The van der Waals surface area contributed by atoms with Crippen LogP contribution in [-0.2, 0) is 6.54 Å². The van der Waals surface area contributed by atoms with Crippen molar-refractivity contribution in [1.82, 2.24) is 10.1 Å². The number of hydrogen-bond donors (Lipinski definition) is 1. The summed E-state index contributed by atoms with van der Waals surface area (Å²) in [4.78, 5) is 4.10. The van der Waals surface area contributed by atoms with Crippen LogP contribution in [0.15, 0.2) is 10.6 Å². The van der Waals surface area contributed by atoms with Gasteiger partial charge < -0.3 is 24.5 Å². The smallest absolute Gasteiger partial charge is 0.240 e. The third-order valence-corrected chi connectivity index (χ3v) is 3.02. The predicted molar refractivity (Wildman–Crippen MR) is 69.7 cm³/mol. The Labute approximate surface area is 119 Å². The van der Waals surface area contributed by atoms with E-state index in [1.54, 1.807) is 0 Å². The lowest BCUT2D eigenvalue weighted by atomic mass is 10.1. The van der Waals surface area contributed by atoms with Crippen LogP contribution in [0.2, 0.25) is 0 Å². The Morgan fingerprint density at radius 1 is 1.38 bits per heavy atom. The Morgan fingerprint density at radius 2 is 2.19 bits per heavy atom. The zero-order valence-corrected chi connectivity index (χ0v) is 11.4. The van der Waals surface area contributed by atoms with Crippen molar-refractivity contribution < 1.29 is 23.1 Å². The van der Waals surface area contributed by atoms with Gasteiger partial charge in [-0.05, 0) is 0 Å². The summed E-state index contributed by atoms with van der Waals surface area (Å²) < 4.78 is 35.4. The molecule has 1 aliphatic rings. The van der Waals surface area contributed by atoms with Gasteiger partial charge in [-0.1, -0.05) is 5.16 Å². The Morgan fingerprint density at radius 3 is 2.90 bits per heavy atom. The molecule has 2 N–H and O–H groups in total. The first kappa shape index (κ1) is 13.6. The minimum atomic E-state index is -0.587. The topological polar surface area (TPSA) is 92.6 Å². The molecule has 0 spiro atoms. The number of methoxy groups -OCH3 is 1. The standard InChI is InChI=1S/C13H14FN3O4/c1-18-11-7(14)5-8-12(20-4-2-3-19-8)10(11)13-16-9(6-15)21-17-13/h5H,2-4,6,15H2,1H3. The fourth-order valence-corrected chi connectivity index (χ4v) is 2.10. The van der Waals surface area contributed by atoms with Gasteiger partial charge in [0.25, 0.3) is 0 Å². The molecule has 1 aromatic heterocycles. The van der Waals surface area contributed by atoms with Crippen molar-refractivity contribution >= 4 is 0 Å². The van der Waals surface area contributed by atoms with Gasteiger partial charge in [-0.3, -0.25) is 0 Å². The van der Waals surface area contributed by atoms with E-state index in [0.717, 1.165) is 0 Å². The van der Waals surface area contributed by atoms with Crippen molar-refractivity contribution in [2.75, 3.05) is 20.3 Å². The van der Waals surface area contributed by atoms with E-state index in [9.17, 15) is 4.39 Å². The van der Waals surface area contributed by atoms with Gasteiger partial charge in [-0.2, -0.15) is 4.98 Å². The van der Waals surface area contributed by atoms with Crippen LogP contribution in [0.3, 0.4) is 0 Å². The minimum absolute atomic E-state index is 0.0244. The maximum absolute atomic E-state index is 14.2.